The maximum absolute atomic E-state index is 11.8. The van der Waals surface area contributed by atoms with Crippen molar-refractivity contribution in [1.29, 1.82) is 0 Å². The van der Waals surface area contributed by atoms with E-state index >= 15 is 0 Å². The maximum Gasteiger partial charge on any atom is 0.260 e. The number of carbonyl (C=O) groups is 1. The number of hydrogen-bond donors (Lipinski definition) is 2. The van der Waals surface area contributed by atoms with Crippen LogP contribution in [0.15, 0.2) is 18.2 Å². The SMILES string of the molecule is CCNCCNC(=O)C(C)Oc1cc(Cl)cc(Cl)c1. The first-order chi connectivity index (χ1) is 9.02. The van der Waals surface area contributed by atoms with Gasteiger partial charge in [0.1, 0.15) is 5.75 Å². The third kappa shape index (κ3) is 6.14. The first-order valence-corrected chi connectivity index (χ1v) is 6.89. The molecule has 2 N–H and O–H groups in total. The highest BCUT2D eigenvalue weighted by atomic mass is 35.5. The van der Waals surface area contributed by atoms with Gasteiger partial charge in [-0.15, -0.1) is 0 Å². The molecule has 106 valence electrons. The summed E-state index contributed by atoms with van der Waals surface area (Å²) >= 11 is 11.7. The second-order valence-electron chi connectivity index (χ2n) is 4.01. The van der Waals surface area contributed by atoms with E-state index in [0.717, 1.165) is 13.1 Å². The number of halogens is 2. The molecular weight excluding hydrogens is 287 g/mol. The zero-order valence-corrected chi connectivity index (χ0v) is 12.5. The first kappa shape index (κ1) is 16.1. The van der Waals surface area contributed by atoms with Crippen molar-refractivity contribution < 1.29 is 9.53 Å². The molecule has 0 saturated carbocycles. The van der Waals surface area contributed by atoms with Crippen LogP contribution in [-0.4, -0.2) is 31.6 Å². The number of amides is 1. The van der Waals surface area contributed by atoms with Crippen molar-refractivity contribution >= 4 is 29.1 Å². The van der Waals surface area contributed by atoms with E-state index in [-0.39, 0.29) is 5.91 Å². The lowest BCUT2D eigenvalue weighted by Crippen LogP contribution is -2.39. The summed E-state index contributed by atoms with van der Waals surface area (Å²) in [4.78, 5) is 11.8. The van der Waals surface area contributed by atoms with Crippen LogP contribution in [0.25, 0.3) is 0 Å². The van der Waals surface area contributed by atoms with Gasteiger partial charge in [0.15, 0.2) is 6.10 Å². The summed E-state index contributed by atoms with van der Waals surface area (Å²) < 4.78 is 5.49. The van der Waals surface area contributed by atoms with Crippen LogP contribution in [0.3, 0.4) is 0 Å². The van der Waals surface area contributed by atoms with Crippen LogP contribution < -0.4 is 15.4 Å². The Morgan fingerprint density at radius 3 is 2.47 bits per heavy atom. The molecule has 0 aliphatic heterocycles. The fourth-order valence-corrected chi connectivity index (χ4v) is 1.95. The van der Waals surface area contributed by atoms with E-state index in [2.05, 4.69) is 10.6 Å². The van der Waals surface area contributed by atoms with Gasteiger partial charge in [-0.25, -0.2) is 0 Å². The molecule has 0 heterocycles. The normalized spacial score (nSPS) is 12.0. The zero-order chi connectivity index (χ0) is 14.3. The van der Waals surface area contributed by atoms with Gasteiger partial charge in [-0.05, 0) is 31.7 Å². The van der Waals surface area contributed by atoms with Crippen molar-refractivity contribution in [3.8, 4) is 5.75 Å². The van der Waals surface area contributed by atoms with Gasteiger partial charge < -0.3 is 15.4 Å². The highest BCUT2D eigenvalue weighted by molar-refractivity contribution is 6.34. The van der Waals surface area contributed by atoms with E-state index in [9.17, 15) is 4.79 Å². The number of nitrogens with one attached hydrogen (secondary N) is 2. The van der Waals surface area contributed by atoms with Crippen molar-refractivity contribution in [2.24, 2.45) is 0 Å². The molecule has 19 heavy (non-hydrogen) atoms. The van der Waals surface area contributed by atoms with Crippen LogP contribution in [0.1, 0.15) is 13.8 Å². The summed E-state index contributed by atoms with van der Waals surface area (Å²) in [6, 6.07) is 4.85. The quantitative estimate of drug-likeness (QED) is 0.761. The Kier molecular flexibility index (Phi) is 6.99. The van der Waals surface area contributed by atoms with Gasteiger partial charge in [-0.3, -0.25) is 4.79 Å². The van der Waals surface area contributed by atoms with Crippen LogP contribution >= 0.6 is 23.2 Å². The molecular formula is C13H18Cl2N2O2. The Balaban J connectivity index is 2.44. The minimum Gasteiger partial charge on any atom is -0.481 e. The monoisotopic (exact) mass is 304 g/mol. The van der Waals surface area contributed by atoms with E-state index in [1.807, 2.05) is 6.92 Å². The van der Waals surface area contributed by atoms with E-state index in [0.29, 0.717) is 22.3 Å². The van der Waals surface area contributed by atoms with Crippen LogP contribution in [-0.2, 0) is 4.79 Å². The molecule has 1 aromatic rings. The fourth-order valence-electron chi connectivity index (χ4n) is 1.45. The van der Waals surface area contributed by atoms with Crippen molar-refractivity contribution in [2.75, 3.05) is 19.6 Å². The second kappa shape index (κ2) is 8.25. The smallest absolute Gasteiger partial charge is 0.260 e. The van der Waals surface area contributed by atoms with Gasteiger partial charge in [0.05, 0.1) is 0 Å². The number of hydrogen-bond acceptors (Lipinski definition) is 3. The van der Waals surface area contributed by atoms with Crippen LogP contribution in [0.5, 0.6) is 5.75 Å². The van der Waals surface area contributed by atoms with Gasteiger partial charge in [0, 0.05) is 23.1 Å². The van der Waals surface area contributed by atoms with Crippen molar-refractivity contribution in [3.05, 3.63) is 28.2 Å². The molecule has 0 bridgehead atoms. The third-order valence-electron chi connectivity index (χ3n) is 2.37. The predicted octanol–water partition coefficient (Wildman–Crippen LogP) is 2.49. The van der Waals surface area contributed by atoms with Gasteiger partial charge in [-0.2, -0.15) is 0 Å². The van der Waals surface area contributed by atoms with Crippen molar-refractivity contribution in [3.63, 3.8) is 0 Å². The molecule has 1 aromatic carbocycles. The highest BCUT2D eigenvalue weighted by Crippen LogP contribution is 2.24. The lowest BCUT2D eigenvalue weighted by Gasteiger charge is -2.15. The molecule has 1 amide bonds. The molecule has 0 spiro atoms. The molecule has 0 aliphatic carbocycles. The van der Waals surface area contributed by atoms with Gasteiger partial charge in [-0.1, -0.05) is 30.1 Å². The number of carbonyl (C=O) groups excluding carboxylic acids is 1. The second-order valence-corrected chi connectivity index (χ2v) is 4.88. The van der Waals surface area contributed by atoms with Crippen LogP contribution in [0.4, 0.5) is 0 Å². The number of benzene rings is 1. The lowest BCUT2D eigenvalue weighted by molar-refractivity contribution is -0.127. The molecule has 6 heteroatoms. The van der Waals surface area contributed by atoms with E-state index in [1.54, 1.807) is 25.1 Å². The average molecular weight is 305 g/mol. The summed E-state index contributed by atoms with van der Waals surface area (Å²) in [5.74, 6) is 0.306. The minimum absolute atomic E-state index is 0.172. The first-order valence-electron chi connectivity index (χ1n) is 6.14. The maximum atomic E-state index is 11.8. The summed E-state index contributed by atoms with van der Waals surface area (Å²) in [5, 5.41) is 6.84. The minimum atomic E-state index is -0.601. The summed E-state index contributed by atoms with van der Waals surface area (Å²) in [6.45, 7) is 5.87. The Morgan fingerprint density at radius 2 is 1.89 bits per heavy atom. The van der Waals surface area contributed by atoms with Crippen LogP contribution in [0.2, 0.25) is 10.0 Å². The summed E-state index contributed by atoms with van der Waals surface area (Å²) in [7, 11) is 0. The standard InChI is InChI=1S/C13H18Cl2N2O2/c1-3-16-4-5-17-13(18)9(2)19-12-7-10(14)6-11(15)8-12/h6-9,16H,3-5H2,1-2H3,(H,17,18). The molecule has 1 unspecified atom stereocenters. The molecule has 0 aromatic heterocycles. The Bertz CT molecular complexity index is 407. The largest absolute Gasteiger partial charge is 0.481 e. The average Bonchev–Trinajstić information content (AvgIpc) is 2.33. The Hall–Kier alpha value is -0.970. The van der Waals surface area contributed by atoms with Crippen LogP contribution in [0, 0.1) is 0 Å². The van der Waals surface area contributed by atoms with E-state index < -0.39 is 6.10 Å². The highest BCUT2D eigenvalue weighted by Gasteiger charge is 2.14. The molecule has 0 radical (unpaired) electrons. The van der Waals surface area contributed by atoms with E-state index in [1.165, 1.54) is 0 Å². The predicted molar refractivity (Wildman–Crippen MR) is 78.1 cm³/mol. The molecule has 0 fully saturated rings. The molecule has 1 rings (SSSR count). The Morgan fingerprint density at radius 1 is 1.26 bits per heavy atom. The number of likely N-dealkylation sites (N-methyl/N-ethyl adjacent to an activating group) is 1. The zero-order valence-electron chi connectivity index (χ0n) is 11.0. The molecule has 0 aliphatic rings. The summed E-state index contributed by atoms with van der Waals surface area (Å²) in [6.07, 6.45) is -0.601. The van der Waals surface area contributed by atoms with Gasteiger partial charge in [0.2, 0.25) is 0 Å². The van der Waals surface area contributed by atoms with Gasteiger partial charge >= 0.3 is 0 Å². The number of ether oxygens (including phenoxy) is 1. The Labute approximate surface area is 123 Å². The molecule has 0 saturated heterocycles. The molecule has 1 atom stereocenters. The third-order valence-corrected chi connectivity index (χ3v) is 2.81. The molecule has 4 nitrogen and oxygen atoms in total. The van der Waals surface area contributed by atoms with E-state index in [4.69, 9.17) is 27.9 Å². The topological polar surface area (TPSA) is 50.4 Å². The van der Waals surface area contributed by atoms with Gasteiger partial charge in [0.25, 0.3) is 5.91 Å². The van der Waals surface area contributed by atoms with Crippen molar-refractivity contribution in [2.45, 2.75) is 20.0 Å². The fraction of sp³-hybridized carbons (Fsp3) is 0.462. The van der Waals surface area contributed by atoms with Crippen molar-refractivity contribution in [1.82, 2.24) is 10.6 Å². The summed E-state index contributed by atoms with van der Waals surface area (Å²) in [5.41, 5.74) is 0. The number of rotatable bonds is 7. The lowest BCUT2D eigenvalue weighted by atomic mass is 10.3.